The summed E-state index contributed by atoms with van der Waals surface area (Å²) in [5.41, 5.74) is 1.61. The number of rotatable bonds is 4. The summed E-state index contributed by atoms with van der Waals surface area (Å²) < 4.78 is 8.18. The number of anilines is 1. The highest BCUT2D eigenvalue weighted by atomic mass is 16.5. The number of imidazole rings is 1. The van der Waals surface area contributed by atoms with Gasteiger partial charge in [-0.25, -0.2) is 9.97 Å². The Hall–Kier alpha value is -3.09. The third-order valence-corrected chi connectivity index (χ3v) is 5.54. The number of amides is 1. The molecule has 5 heterocycles. The fourth-order valence-electron chi connectivity index (χ4n) is 4.06. The molecule has 0 unspecified atom stereocenters. The molecule has 7 nitrogen and oxygen atoms in total. The number of nitrogens with zero attached hydrogens (tertiary/aromatic N) is 5. The van der Waals surface area contributed by atoms with Crippen molar-refractivity contribution in [3.05, 3.63) is 54.7 Å². The zero-order valence-corrected chi connectivity index (χ0v) is 15.7. The van der Waals surface area contributed by atoms with E-state index in [1.54, 1.807) is 12.5 Å². The fourth-order valence-corrected chi connectivity index (χ4v) is 4.06. The molecular weight excluding hydrogens is 354 g/mol. The van der Waals surface area contributed by atoms with Crippen LogP contribution in [-0.2, 0) is 0 Å². The van der Waals surface area contributed by atoms with E-state index in [2.05, 4.69) is 14.9 Å². The second-order valence-corrected chi connectivity index (χ2v) is 7.44. The van der Waals surface area contributed by atoms with E-state index in [1.165, 1.54) is 12.8 Å². The molecule has 2 saturated heterocycles. The van der Waals surface area contributed by atoms with Gasteiger partial charge in [0.25, 0.3) is 5.91 Å². The number of hydrogen-bond donors (Lipinski definition) is 0. The van der Waals surface area contributed by atoms with E-state index >= 15 is 0 Å². The summed E-state index contributed by atoms with van der Waals surface area (Å²) in [6.45, 7) is 3.35. The average molecular weight is 377 g/mol. The molecule has 2 aliphatic heterocycles. The SMILES string of the molecule is O=C(c1ccn2cncc2c1)N1CC[C@@H](Oc2cccnc2N2CCCC2)C1. The van der Waals surface area contributed by atoms with Crippen LogP contribution in [0.3, 0.4) is 0 Å². The van der Waals surface area contributed by atoms with Gasteiger partial charge in [-0.3, -0.25) is 4.79 Å². The first-order valence-corrected chi connectivity index (χ1v) is 9.85. The Morgan fingerprint density at radius 2 is 2.07 bits per heavy atom. The summed E-state index contributed by atoms with van der Waals surface area (Å²) >= 11 is 0. The van der Waals surface area contributed by atoms with E-state index < -0.39 is 0 Å². The first kappa shape index (κ1) is 17.0. The van der Waals surface area contributed by atoms with Crippen LogP contribution in [0.15, 0.2) is 49.2 Å². The van der Waals surface area contributed by atoms with E-state index in [0.29, 0.717) is 18.7 Å². The zero-order valence-electron chi connectivity index (χ0n) is 15.7. The van der Waals surface area contributed by atoms with Crippen molar-refractivity contribution in [2.45, 2.75) is 25.4 Å². The van der Waals surface area contributed by atoms with E-state index in [-0.39, 0.29) is 12.0 Å². The first-order chi connectivity index (χ1) is 13.8. The van der Waals surface area contributed by atoms with E-state index in [1.807, 2.05) is 46.0 Å². The molecule has 0 aromatic carbocycles. The molecule has 0 radical (unpaired) electrons. The predicted octanol–water partition coefficient (Wildman–Crippen LogP) is 2.62. The molecule has 144 valence electrons. The molecule has 3 aromatic heterocycles. The minimum absolute atomic E-state index is 0.00630. The smallest absolute Gasteiger partial charge is 0.254 e. The lowest BCUT2D eigenvalue weighted by molar-refractivity contribution is 0.0772. The quantitative estimate of drug-likeness (QED) is 0.699. The van der Waals surface area contributed by atoms with Crippen molar-refractivity contribution in [2.75, 3.05) is 31.1 Å². The molecule has 0 N–H and O–H groups in total. The molecule has 5 rings (SSSR count). The molecule has 1 atom stereocenters. The van der Waals surface area contributed by atoms with Crippen LogP contribution in [0, 0.1) is 0 Å². The lowest BCUT2D eigenvalue weighted by Gasteiger charge is -2.22. The zero-order chi connectivity index (χ0) is 18.9. The maximum atomic E-state index is 12.9. The normalized spacial score (nSPS) is 19.5. The van der Waals surface area contributed by atoms with Gasteiger partial charge in [0.1, 0.15) is 6.10 Å². The van der Waals surface area contributed by atoms with Gasteiger partial charge >= 0.3 is 0 Å². The van der Waals surface area contributed by atoms with Crippen LogP contribution in [0.4, 0.5) is 5.82 Å². The largest absolute Gasteiger partial charge is 0.485 e. The van der Waals surface area contributed by atoms with Gasteiger partial charge in [-0.1, -0.05) is 0 Å². The van der Waals surface area contributed by atoms with Gasteiger partial charge in [0.2, 0.25) is 0 Å². The Kier molecular flexibility index (Phi) is 4.35. The molecule has 0 aliphatic carbocycles. The minimum Gasteiger partial charge on any atom is -0.485 e. The standard InChI is InChI=1S/C21H23N5O2/c27-21(16-5-10-26-15-22-13-17(26)12-16)25-11-6-18(14-25)28-19-4-3-7-23-20(19)24-8-1-2-9-24/h3-5,7,10,12-13,15,18H,1-2,6,8-9,11,14H2/t18-/m1/s1. The lowest BCUT2D eigenvalue weighted by Crippen LogP contribution is -2.31. The number of likely N-dealkylation sites (tertiary alicyclic amines) is 1. The second-order valence-electron chi connectivity index (χ2n) is 7.44. The number of hydrogen-bond acceptors (Lipinski definition) is 5. The maximum Gasteiger partial charge on any atom is 0.254 e. The Bertz CT molecular complexity index is 995. The van der Waals surface area contributed by atoms with E-state index in [0.717, 1.165) is 36.6 Å². The second kappa shape index (κ2) is 7.14. The molecule has 7 heteroatoms. The van der Waals surface area contributed by atoms with Crippen LogP contribution in [0.25, 0.3) is 5.52 Å². The first-order valence-electron chi connectivity index (χ1n) is 9.85. The monoisotopic (exact) mass is 377 g/mol. The summed E-state index contributed by atoms with van der Waals surface area (Å²) in [4.78, 5) is 25.7. The highest BCUT2D eigenvalue weighted by Gasteiger charge is 2.29. The van der Waals surface area contributed by atoms with Crippen LogP contribution in [0.2, 0.25) is 0 Å². The topological polar surface area (TPSA) is 63.0 Å². The van der Waals surface area contributed by atoms with Crippen molar-refractivity contribution >= 4 is 17.2 Å². The van der Waals surface area contributed by atoms with Crippen LogP contribution in [0.1, 0.15) is 29.6 Å². The number of carbonyl (C=O) groups is 1. The number of pyridine rings is 2. The molecule has 28 heavy (non-hydrogen) atoms. The van der Waals surface area contributed by atoms with Gasteiger partial charge in [-0.2, -0.15) is 0 Å². The Balaban J connectivity index is 1.28. The highest BCUT2D eigenvalue weighted by molar-refractivity contribution is 5.95. The summed E-state index contributed by atoms with van der Waals surface area (Å²) in [6.07, 6.45) is 10.4. The molecule has 0 bridgehead atoms. The van der Waals surface area contributed by atoms with Crippen LogP contribution in [-0.4, -0.2) is 57.5 Å². The molecule has 2 aliphatic rings. The highest BCUT2D eigenvalue weighted by Crippen LogP contribution is 2.30. The Morgan fingerprint density at radius 1 is 1.18 bits per heavy atom. The van der Waals surface area contributed by atoms with Crippen LogP contribution in [0.5, 0.6) is 5.75 Å². The van der Waals surface area contributed by atoms with Crippen molar-refractivity contribution in [3.63, 3.8) is 0 Å². The third kappa shape index (κ3) is 3.17. The number of carbonyl (C=O) groups excluding carboxylic acids is 1. The summed E-state index contributed by atoms with van der Waals surface area (Å²) in [5.74, 6) is 1.79. The molecule has 0 saturated carbocycles. The predicted molar refractivity (Wildman–Crippen MR) is 106 cm³/mol. The summed E-state index contributed by atoms with van der Waals surface area (Å²) in [6, 6.07) is 7.63. The fraction of sp³-hybridized carbons (Fsp3) is 0.381. The van der Waals surface area contributed by atoms with Crippen molar-refractivity contribution in [1.29, 1.82) is 0 Å². The third-order valence-electron chi connectivity index (χ3n) is 5.54. The molecule has 2 fully saturated rings. The molecule has 1 amide bonds. The van der Waals surface area contributed by atoms with Crippen LogP contribution < -0.4 is 9.64 Å². The Labute approximate surface area is 163 Å². The van der Waals surface area contributed by atoms with Gasteiger partial charge in [0.05, 0.1) is 24.6 Å². The van der Waals surface area contributed by atoms with Gasteiger partial charge in [0.15, 0.2) is 11.6 Å². The summed E-state index contributed by atoms with van der Waals surface area (Å²) in [7, 11) is 0. The van der Waals surface area contributed by atoms with Gasteiger partial charge in [-0.05, 0) is 37.1 Å². The van der Waals surface area contributed by atoms with Gasteiger partial charge in [0, 0.05) is 44.0 Å². The van der Waals surface area contributed by atoms with Gasteiger partial charge < -0.3 is 18.9 Å². The van der Waals surface area contributed by atoms with E-state index in [4.69, 9.17) is 4.74 Å². The average Bonchev–Trinajstić information content (AvgIpc) is 3.48. The van der Waals surface area contributed by atoms with Crippen molar-refractivity contribution < 1.29 is 9.53 Å². The minimum atomic E-state index is -0.00630. The van der Waals surface area contributed by atoms with Crippen molar-refractivity contribution in [2.24, 2.45) is 0 Å². The number of ether oxygens (including phenoxy) is 1. The molecular formula is C21H23N5O2. The molecule has 0 spiro atoms. The number of fused-ring (bicyclic) bond motifs is 1. The maximum absolute atomic E-state index is 12.9. The van der Waals surface area contributed by atoms with Gasteiger partial charge in [-0.15, -0.1) is 0 Å². The number of aromatic nitrogens is 3. The van der Waals surface area contributed by atoms with E-state index in [9.17, 15) is 4.79 Å². The van der Waals surface area contributed by atoms with Crippen molar-refractivity contribution in [3.8, 4) is 5.75 Å². The lowest BCUT2D eigenvalue weighted by atomic mass is 10.2. The van der Waals surface area contributed by atoms with Crippen LogP contribution >= 0.6 is 0 Å². The summed E-state index contributed by atoms with van der Waals surface area (Å²) in [5, 5.41) is 0. The van der Waals surface area contributed by atoms with Crippen molar-refractivity contribution in [1.82, 2.24) is 19.3 Å². The Morgan fingerprint density at radius 3 is 2.96 bits per heavy atom. The molecule has 3 aromatic rings.